The Balaban J connectivity index is 2.97. The van der Waals surface area contributed by atoms with Gasteiger partial charge in [-0.15, -0.1) is 0 Å². The molecule has 1 aromatic heterocycles. The van der Waals surface area contributed by atoms with Gasteiger partial charge in [-0.1, -0.05) is 32.0 Å². The molecule has 0 saturated heterocycles. The summed E-state index contributed by atoms with van der Waals surface area (Å²) < 4.78 is 0. The fraction of sp³-hybridized carbons (Fsp3) is 0.500. The van der Waals surface area contributed by atoms with Gasteiger partial charge in [0.25, 0.3) is 0 Å². The van der Waals surface area contributed by atoms with Crippen molar-refractivity contribution in [3.05, 3.63) is 41.0 Å². The zero-order chi connectivity index (χ0) is 20.7. The number of rotatable bonds is 9. The van der Waals surface area contributed by atoms with Crippen LogP contribution in [0.3, 0.4) is 0 Å². The monoisotopic (exact) mass is 378 g/mol. The van der Waals surface area contributed by atoms with E-state index in [0.717, 1.165) is 56.1 Å². The van der Waals surface area contributed by atoms with Gasteiger partial charge in [-0.2, -0.15) is 5.26 Å². The van der Waals surface area contributed by atoms with Crippen LogP contribution in [0.25, 0.3) is 11.3 Å². The summed E-state index contributed by atoms with van der Waals surface area (Å²) in [5.74, 6) is 1.06. The molecule has 0 unspecified atom stereocenters. The molecule has 2 rings (SSSR count). The largest absolute Gasteiger partial charge is 0.371 e. The van der Waals surface area contributed by atoms with Crippen LogP contribution < -0.4 is 9.80 Å². The van der Waals surface area contributed by atoms with Gasteiger partial charge in [-0.3, -0.25) is 0 Å². The predicted octanol–water partition coefficient (Wildman–Crippen LogP) is 5.44. The van der Waals surface area contributed by atoms with Crippen LogP contribution in [0.1, 0.15) is 58.2 Å². The molecular weight excluding hydrogens is 344 g/mol. The van der Waals surface area contributed by atoms with Gasteiger partial charge in [0, 0.05) is 48.6 Å². The van der Waals surface area contributed by atoms with E-state index in [1.807, 2.05) is 24.3 Å². The Morgan fingerprint density at radius 1 is 0.821 bits per heavy atom. The molecule has 0 atom stereocenters. The van der Waals surface area contributed by atoms with E-state index in [1.54, 1.807) is 0 Å². The third kappa shape index (κ3) is 3.99. The molecule has 1 aromatic carbocycles. The molecule has 28 heavy (non-hydrogen) atoms. The second-order valence-electron chi connectivity index (χ2n) is 6.80. The van der Waals surface area contributed by atoms with Crippen LogP contribution in [0, 0.1) is 11.3 Å². The van der Waals surface area contributed by atoms with E-state index in [9.17, 15) is 5.26 Å². The molecule has 4 heteroatoms. The molecule has 150 valence electrons. The summed E-state index contributed by atoms with van der Waals surface area (Å²) in [4.78, 5) is 9.98. The van der Waals surface area contributed by atoms with Crippen molar-refractivity contribution in [2.24, 2.45) is 0 Å². The van der Waals surface area contributed by atoms with Gasteiger partial charge < -0.3 is 9.80 Å². The lowest BCUT2D eigenvalue weighted by molar-refractivity contribution is 0.810. The number of hydrogen-bond donors (Lipinski definition) is 0. The lowest BCUT2D eigenvalue weighted by atomic mass is 9.94. The van der Waals surface area contributed by atoms with Crippen molar-refractivity contribution in [2.75, 3.05) is 36.0 Å². The highest BCUT2D eigenvalue weighted by molar-refractivity contribution is 5.81. The Kier molecular flexibility index (Phi) is 7.87. The third-order valence-electron chi connectivity index (χ3n) is 5.50. The summed E-state index contributed by atoms with van der Waals surface area (Å²) in [7, 11) is 0. The van der Waals surface area contributed by atoms with Crippen molar-refractivity contribution in [1.82, 2.24) is 4.98 Å². The summed E-state index contributed by atoms with van der Waals surface area (Å²) in [5.41, 5.74) is 6.47. The molecule has 2 aromatic rings. The number of anilines is 2. The molecule has 0 fully saturated rings. The molecule has 1 heterocycles. The fourth-order valence-electron chi connectivity index (χ4n) is 4.02. The van der Waals surface area contributed by atoms with E-state index in [4.69, 9.17) is 4.98 Å². The summed E-state index contributed by atoms with van der Waals surface area (Å²) in [6, 6.07) is 10.2. The smallest absolute Gasteiger partial charge is 0.134 e. The number of pyridine rings is 1. The predicted molar refractivity (Wildman–Crippen MR) is 120 cm³/mol. The van der Waals surface area contributed by atoms with Crippen LogP contribution in [0.2, 0.25) is 0 Å². The van der Waals surface area contributed by atoms with Crippen molar-refractivity contribution < 1.29 is 0 Å². The molecule has 0 radical (unpaired) electrons. The quantitative estimate of drug-likeness (QED) is 0.583. The Morgan fingerprint density at radius 2 is 1.39 bits per heavy atom. The first-order chi connectivity index (χ1) is 13.6. The number of hydrogen-bond acceptors (Lipinski definition) is 4. The van der Waals surface area contributed by atoms with Crippen LogP contribution in [-0.2, 0) is 12.8 Å². The van der Waals surface area contributed by atoms with Gasteiger partial charge in [0.05, 0.1) is 17.3 Å². The molecular formula is C24H34N4. The van der Waals surface area contributed by atoms with Crippen molar-refractivity contribution >= 4 is 11.5 Å². The summed E-state index contributed by atoms with van der Waals surface area (Å²) >= 11 is 0. The Hall–Kier alpha value is -2.54. The van der Waals surface area contributed by atoms with Crippen molar-refractivity contribution in [2.45, 2.75) is 54.4 Å². The lowest BCUT2D eigenvalue weighted by Crippen LogP contribution is -2.29. The average Bonchev–Trinajstić information content (AvgIpc) is 2.75. The summed E-state index contributed by atoms with van der Waals surface area (Å²) in [6.07, 6.45) is 1.83. The number of nitrogens with zero attached hydrogens (tertiary/aromatic N) is 4. The maximum absolute atomic E-state index is 9.69. The third-order valence-corrected chi connectivity index (χ3v) is 5.50. The minimum atomic E-state index is 0.685. The Bertz CT molecular complexity index is 827. The van der Waals surface area contributed by atoms with Gasteiger partial charge in [0.15, 0.2) is 0 Å². The first-order valence-electron chi connectivity index (χ1n) is 10.7. The molecule has 0 aliphatic carbocycles. The zero-order valence-corrected chi connectivity index (χ0v) is 18.3. The molecule has 0 saturated carbocycles. The highest BCUT2D eigenvalue weighted by atomic mass is 15.2. The SMILES string of the molecule is CCc1c(-c2ccccc2C#N)nc(N(CC)CC)c(CC)c1N(CC)CC. The van der Waals surface area contributed by atoms with E-state index in [2.05, 4.69) is 57.4 Å². The minimum absolute atomic E-state index is 0.685. The number of aromatic nitrogens is 1. The van der Waals surface area contributed by atoms with Gasteiger partial charge in [0.1, 0.15) is 5.82 Å². The second-order valence-corrected chi connectivity index (χ2v) is 6.80. The maximum Gasteiger partial charge on any atom is 0.134 e. The Labute approximate surface area is 170 Å². The van der Waals surface area contributed by atoms with E-state index in [0.29, 0.717) is 5.56 Å². The van der Waals surface area contributed by atoms with E-state index < -0.39 is 0 Å². The first-order valence-corrected chi connectivity index (χ1v) is 10.7. The molecule has 0 aliphatic rings. The van der Waals surface area contributed by atoms with Crippen LogP contribution in [0.4, 0.5) is 11.5 Å². The fourth-order valence-corrected chi connectivity index (χ4v) is 4.02. The van der Waals surface area contributed by atoms with Crippen LogP contribution in [0.15, 0.2) is 24.3 Å². The van der Waals surface area contributed by atoms with Gasteiger partial charge in [-0.25, -0.2) is 4.98 Å². The maximum atomic E-state index is 9.69. The van der Waals surface area contributed by atoms with E-state index >= 15 is 0 Å². The molecule has 0 aliphatic heterocycles. The average molecular weight is 379 g/mol. The molecule has 0 spiro atoms. The minimum Gasteiger partial charge on any atom is -0.371 e. The highest BCUT2D eigenvalue weighted by Crippen LogP contribution is 2.39. The standard InChI is InChI=1S/C24H34N4/c1-7-19-22(21-16-14-13-15-18(21)17-25)26-24(28(11-5)12-6)20(8-2)23(19)27(9-3)10-4/h13-16H,7-12H2,1-6H3. The van der Waals surface area contributed by atoms with Crippen molar-refractivity contribution in [1.29, 1.82) is 5.26 Å². The van der Waals surface area contributed by atoms with Crippen LogP contribution in [-0.4, -0.2) is 31.2 Å². The Morgan fingerprint density at radius 3 is 1.89 bits per heavy atom. The molecule has 0 amide bonds. The normalized spacial score (nSPS) is 10.6. The van der Waals surface area contributed by atoms with Gasteiger partial charge >= 0.3 is 0 Å². The lowest BCUT2D eigenvalue weighted by Gasteiger charge is -2.32. The van der Waals surface area contributed by atoms with Crippen molar-refractivity contribution in [3.63, 3.8) is 0 Å². The van der Waals surface area contributed by atoms with Crippen LogP contribution >= 0.6 is 0 Å². The topological polar surface area (TPSA) is 43.2 Å². The highest BCUT2D eigenvalue weighted by Gasteiger charge is 2.24. The number of benzene rings is 1. The van der Waals surface area contributed by atoms with E-state index in [-0.39, 0.29) is 0 Å². The van der Waals surface area contributed by atoms with Gasteiger partial charge in [0.2, 0.25) is 0 Å². The number of nitriles is 1. The first kappa shape index (κ1) is 21.8. The van der Waals surface area contributed by atoms with E-state index in [1.165, 1.54) is 16.8 Å². The van der Waals surface area contributed by atoms with Gasteiger partial charge in [-0.05, 0) is 46.6 Å². The zero-order valence-electron chi connectivity index (χ0n) is 18.3. The van der Waals surface area contributed by atoms with Crippen molar-refractivity contribution in [3.8, 4) is 17.3 Å². The molecule has 0 bridgehead atoms. The van der Waals surface area contributed by atoms with Crippen LogP contribution in [0.5, 0.6) is 0 Å². The molecule has 4 nitrogen and oxygen atoms in total. The summed E-state index contributed by atoms with van der Waals surface area (Å²) in [5, 5.41) is 9.69. The molecule has 0 N–H and O–H groups in total. The second kappa shape index (κ2) is 10.1. The summed E-state index contributed by atoms with van der Waals surface area (Å²) in [6.45, 7) is 16.9.